The number of carboxylic acid groups (broad SMARTS) is 1. The number of carboxylic acids is 1. The largest absolute Gasteiger partial charge is 0.480 e. The molecule has 0 aromatic carbocycles. The van der Waals surface area contributed by atoms with Gasteiger partial charge in [0, 0.05) is 26.1 Å². The van der Waals surface area contributed by atoms with Crippen molar-refractivity contribution in [2.75, 3.05) is 32.8 Å². The summed E-state index contributed by atoms with van der Waals surface area (Å²) in [4.78, 5) is 24.5. The Labute approximate surface area is 107 Å². The maximum atomic E-state index is 11.8. The highest BCUT2D eigenvalue weighted by molar-refractivity contribution is 5.77. The van der Waals surface area contributed by atoms with Gasteiger partial charge in [0.15, 0.2) is 0 Å². The number of nitrogens with zero attached hydrogens (tertiary/aromatic N) is 1. The summed E-state index contributed by atoms with van der Waals surface area (Å²) >= 11 is 0. The van der Waals surface area contributed by atoms with Crippen LogP contribution < -0.4 is 5.32 Å². The lowest BCUT2D eigenvalue weighted by Gasteiger charge is -2.27. The number of amides is 1. The van der Waals surface area contributed by atoms with Gasteiger partial charge < -0.3 is 20.1 Å². The van der Waals surface area contributed by atoms with Gasteiger partial charge in [0.05, 0.1) is 13.2 Å². The molecule has 6 heteroatoms. The molecule has 2 N–H and O–H groups in total. The van der Waals surface area contributed by atoms with Crippen LogP contribution in [0.2, 0.25) is 0 Å². The first-order valence-electron chi connectivity index (χ1n) is 6.34. The molecule has 6 nitrogen and oxygen atoms in total. The normalized spacial score (nSPS) is 17.8. The number of ether oxygens (including phenoxy) is 1. The fourth-order valence-electron chi connectivity index (χ4n) is 1.91. The molecule has 1 amide bonds. The molecule has 1 aliphatic heterocycles. The number of carbonyl (C=O) groups is 2. The summed E-state index contributed by atoms with van der Waals surface area (Å²) in [5, 5.41) is 11.9. The van der Waals surface area contributed by atoms with E-state index in [2.05, 4.69) is 5.32 Å². The predicted octanol–water partition coefficient (Wildman–Crippen LogP) is -0.0659. The second-order valence-corrected chi connectivity index (χ2v) is 4.76. The quantitative estimate of drug-likeness (QED) is 0.697. The van der Waals surface area contributed by atoms with Gasteiger partial charge >= 0.3 is 5.97 Å². The summed E-state index contributed by atoms with van der Waals surface area (Å²) in [6.45, 7) is 6.51. The molecular weight excluding hydrogens is 236 g/mol. The minimum absolute atomic E-state index is 0.000915. The van der Waals surface area contributed by atoms with Crippen LogP contribution in [0.5, 0.6) is 0 Å². The van der Waals surface area contributed by atoms with Crippen molar-refractivity contribution in [2.24, 2.45) is 5.92 Å². The van der Waals surface area contributed by atoms with E-state index in [0.717, 1.165) is 0 Å². The van der Waals surface area contributed by atoms with Gasteiger partial charge in [0.1, 0.15) is 6.04 Å². The molecule has 0 radical (unpaired) electrons. The topological polar surface area (TPSA) is 78.9 Å². The number of morpholine rings is 1. The first-order valence-corrected chi connectivity index (χ1v) is 6.34. The average molecular weight is 258 g/mol. The number of rotatable bonds is 6. The van der Waals surface area contributed by atoms with Crippen LogP contribution in [-0.4, -0.2) is 60.8 Å². The Hall–Kier alpha value is -1.14. The summed E-state index contributed by atoms with van der Waals surface area (Å²) in [6, 6.07) is -0.595. The highest BCUT2D eigenvalue weighted by Gasteiger charge is 2.21. The van der Waals surface area contributed by atoms with E-state index in [9.17, 15) is 9.59 Å². The number of hydrogen-bond donors (Lipinski definition) is 2. The molecule has 0 aromatic heterocycles. The van der Waals surface area contributed by atoms with Gasteiger partial charge in [0.25, 0.3) is 0 Å². The zero-order chi connectivity index (χ0) is 13.5. The van der Waals surface area contributed by atoms with Crippen LogP contribution >= 0.6 is 0 Å². The molecule has 1 heterocycles. The standard InChI is InChI=1S/C12H22N2O4/c1-9(2)11(12(16)17)13-4-3-10(15)14-5-7-18-8-6-14/h9,11,13H,3-8H2,1-2H3,(H,16,17). The molecule has 1 rings (SSSR count). The van der Waals surface area contributed by atoms with Crippen molar-refractivity contribution < 1.29 is 19.4 Å². The molecule has 0 saturated carbocycles. The van der Waals surface area contributed by atoms with E-state index in [1.165, 1.54) is 0 Å². The summed E-state index contributed by atoms with van der Waals surface area (Å²) in [5.74, 6) is -0.816. The monoisotopic (exact) mass is 258 g/mol. The van der Waals surface area contributed by atoms with Gasteiger partial charge in [-0.1, -0.05) is 13.8 Å². The van der Waals surface area contributed by atoms with Crippen molar-refractivity contribution in [1.82, 2.24) is 10.2 Å². The van der Waals surface area contributed by atoms with Gasteiger partial charge in [-0.25, -0.2) is 0 Å². The number of carbonyl (C=O) groups excluding carboxylic acids is 1. The molecule has 1 aliphatic rings. The van der Waals surface area contributed by atoms with Crippen molar-refractivity contribution in [1.29, 1.82) is 0 Å². The van der Waals surface area contributed by atoms with E-state index in [1.807, 2.05) is 13.8 Å². The summed E-state index contributed by atoms with van der Waals surface area (Å²) in [5.41, 5.74) is 0. The van der Waals surface area contributed by atoms with Gasteiger partial charge in [-0.15, -0.1) is 0 Å². The fourth-order valence-corrected chi connectivity index (χ4v) is 1.91. The Bertz CT molecular complexity index is 288. The molecule has 0 bridgehead atoms. The smallest absolute Gasteiger partial charge is 0.320 e. The lowest BCUT2D eigenvalue weighted by atomic mass is 10.0. The average Bonchev–Trinajstić information content (AvgIpc) is 2.34. The third-order valence-corrected chi connectivity index (χ3v) is 3.00. The third-order valence-electron chi connectivity index (χ3n) is 3.00. The molecule has 1 atom stereocenters. The van der Waals surface area contributed by atoms with Crippen LogP contribution in [0, 0.1) is 5.92 Å². The van der Waals surface area contributed by atoms with Crippen molar-refractivity contribution >= 4 is 11.9 Å². The Morgan fingerprint density at radius 1 is 1.33 bits per heavy atom. The first-order chi connectivity index (χ1) is 8.52. The molecule has 1 saturated heterocycles. The van der Waals surface area contributed by atoms with Crippen LogP contribution in [0.25, 0.3) is 0 Å². The molecule has 1 fully saturated rings. The summed E-state index contributed by atoms with van der Waals surface area (Å²) in [7, 11) is 0. The molecule has 0 spiro atoms. The van der Waals surface area contributed by atoms with Crippen LogP contribution in [0.15, 0.2) is 0 Å². The van der Waals surface area contributed by atoms with Crippen molar-refractivity contribution in [3.8, 4) is 0 Å². The number of hydrogen-bond acceptors (Lipinski definition) is 4. The third kappa shape index (κ3) is 4.62. The van der Waals surface area contributed by atoms with Gasteiger partial charge in [-0.05, 0) is 5.92 Å². The van der Waals surface area contributed by atoms with Crippen molar-refractivity contribution in [3.63, 3.8) is 0 Å². The molecule has 104 valence electrons. The van der Waals surface area contributed by atoms with E-state index in [1.54, 1.807) is 4.90 Å². The summed E-state index contributed by atoms with van der Waals surface area (Å²) in [6.07, 6.45) is 0.330. The SMILES string of the molecule is CC(C)C(NCCC(=O)N1CCOCC1)C(=O)O. The predicted molar refractivity (Wildman–Crippen MR) is 66.3 cm³/mol. The Morgan fingerprint density at radius 3 is 2.44 bits per heavy atom. The van der Waals surface area contributed by atoms with Crippen LogP contribution in [0.3, 0.4) is 0 Å². The Morgan fingerprint density at radius 2 is 1.94 bits per heavy atom. The molecule has 0 aliphatic carbocycles. The lowest BCUT2D eigenvalue weighted by molar-refractivity contribution is -0.141. The minimum atomic E-state index is -0.871. The van der Waals surface area contributed by atoms with Crippen molar-refractivity contribution in [2.45, 2.75) is 26.3 Å². The van der Waals surface area contributed by atoms with Crippen LogP contribution in [0.1, 0.15) is 20.3 Å². The van der Waals surface area contributed by atoms with Crippen LogP contribution in [-0.2, 0) is 14.3 Å². The lowest BCUT2D eigenvalue weighted by Crippen LogP contribution is -2.44. The first kappa shape index (κ1) is 14.9. The molecule has 1 unspecified atom stereocenters. The Balaban J connectivity index is 2.27. The van der Waals surface area contributed by atoms with Gasteiger partial charge in [-0.2, -0.15) is 0 Å². The molecular formula is C12H22N2O4. The van der Waals surface area contributed by atoms with E-state index < -0.39 is 12.0 Å². The van der Waals surface area contributed by atoms with Gasteiger partial charge in [-0.3, -0.25) is 9.59 Å². The van der Waals surface area contributed by atoms with Gasteiger partial charge in [0.2, 0.25) is 5.91 Å². The fraction of sp³-hybridized carbons (Fsp3) is 0.833. The molecule has 0 aromatic rings. The maximum Gasteiger partial charge on any atom is 0.320 e. The minimum Gasteiger partial charge on any atom is -0.480 e. The zero-order valence-corrected chi connectivity index (χ0v) is 11.0. The second kappa shape index (κ2) is 7.33. The zero-order valence-electron chi connectivity index (χ0n) is 11.0. The van der Waals surface area contributed by atoms with Crippen molar-refractivity contribution in [3.05, 3.63) is 0 Å². The Kier molecular flexibility index (Phi) is 6.07. The van der Waals surface area contributed by atoms with E-state index in [0.29, 0.717) is 39.3 Å². The summed E-state index contributed by atoms with van der Waals surface area (Å²) < 4.78 is 5.17. The molecule has 18 heavy (non-hydrogen) atoms. The highest BCUT2D eigenvalue weighted by Crippen LogP contribution is 2.03. The van der Waals surface area contributed by atoms with E-state index in [-0.39, 0.29) is 11.8 Å². The maximum absolute atomic E-state index is 11.8. The van der Waals surface area contributed by atoms with E-state index >= 15 is 0 Å². The number of nitrogens with one attached hydrogen (secondary N) is 1. The van der Waals surface area contributed by atoms with E-state index in [4.69, 9.17) is 9.84 Å². The number of aliphatic carboxylic acids is 1. The second-order valence-electron chi connectivity index (χ2n) is 4.76. The highest BCUT2D eigenvalue weighted by atomic mass is 16.5. The van der Waals surface area contributed by atoms with Crippen LogP contribution in [0.4, 0.5) is 0 Å².